The summed E-state index contributed by atoms with van der Waals surface area (Å²) in [4.78, 5) is 0. The van der Waals surface area contributed by atoms with Crippen LogP contribution in [0.25, 0.3) is 0 Å². The van der Waals surface area contributed by atoms with E-state index in [-0.39, 0.29) is 0 Å². The number of rotatable bonds is 2. The van der Waals surface area contributed by atoms with Gasteiger partial charge >= 0.3 is 0 Å². The van der Waals surface area contributed by atoms with Crippen LogP contribution in [0.5, 0.6) is 5.75 Å². The van der Waals surface area contributed by atoms with Crippen molar-refractivity contribution in [1.82, 2.24) is 5.43 Å². The Morgan fingerprint density at radius 1 is 1.07 bits per heavy atom. The Labute approximate surface area is 90.3 Å². The number of hydrogen-bond donors (Lipinski definition) is 3. The molecule has 0 unspecified atom stereocenters. The van der Waals surface area contributed by atoms with Crippen LogP contribution in [0.1, 0.15) is 37.2 Å². The first-order valence-electron chi connectivity index (χ1n) is 5.54. The third-order valence-electron chi connectivity index (χ3n) is 3.33. The first kappa shape index (κ1) is 10.5. The predicted octanol–water partition coefficient (Wildman–Crippen LogP) is 1.88. The normalized spacial score (nSPS) is 26.5. The molecule has 15 heavy (non-hydrogen) atoms. The minimum atomic E-state index is 0.344. The van der Waals surface area contributed by atoms with Crippen LogP contribution in [0.3, 0.4) is 0 Å². The van der Waals surface area contributed by atoms with E-state index in [4.69, 9.17) is 5.84 Å². The van der Waals surface area contributed by atoms with Gasteiger partial charge in [-0.1, -0.05) is 12.1 Å². The second kappa shape index (κ2) is 4.64. The fourth-order valence-electron chi connectivity index (χ4n) is 2.34. The Morgan fingerprint density at radius 3 is 2.20 bits per heavy atom. The zero-order valence-electron chi connectivity index (χ0n) is 8.82. The van der Waals surface area contributed by atoms with Crippen LogP contribution in [-0.2, 0) is 0 Å². The molecule has 0 spiro atoms. The predicted molar refractivity (Wildman–Crippen MR) is 60.4 cm³/mol. The molecule has 82 valence electrons. The van der Waals surface area contributed by atoms with E-state index in [1.54, 1.807) is 12.1 Å². The summed E-state index contributed by atoms with van der Waals surface area (Å²) < 4.78 is 0. The van der Waals surface area contributed by atoms with E-state index in [1.165, 1.54) is 18.4 Å². The summed E-state index contributed by atoms with van der Waals surface area (Å²) in [6.45, 7) is 0. The van der Waals surface area contributed by atoms with Crippen molar-refractivity contribution in [3.63, 3.8) is 0 Å². The molecule has 1 aliphatic carbocycles. The highest BCUT2D eigenvalue weighted by molar-refractivity contribution is 5.28. The van der Waals surface area contributed by atoms with E-state index in [0.717, 1.165) is 12.8 Å². The Morgan fingerprint density at radius 2 is 1.67 bits per heavy atom. The SMILES string of the molecule is NNC1CCC(c2ccc(O)cc2)CC1. The number of nitrogens with two attached hydrogens (primary N) is 1. The highest BCUT2D eigenvalue weighted by Gasteiger charge is 2.21. The number of phenolic OH excluding ortho intramolecular Hbond substituents is 1. The highest BCUT2D eigenvalue weighted by Crippen LogP contribution is 2.33. The molecule has 0 saturated heterocycles. The van der Waals surface area contributed by atoms with E-state index in [0.29, 0.717) is 17.7 Å². The van der Waals surface area contributed by atoms with Crippen molar-refractivity contribution < 1.29 is 5.11 Å². The zero-order valence-corrected chi connectivity index (χ0v) is 8.82. The Kier molecular flexibility index (Phi) is 3.23. The van der Waals surface area contributed by atoms with Gasteiger partial charge in [0, 0.05) is 6.04 Å². The average molecular weight is 206 g/mol. The van der Waals surface area contributed by atoms with Crippen LogP contribution in [0.2, 0.25) is 0 Å². The van der Waals surface area contributed by atoms with Crippen LogP contribution in [0, 0.1) is 0 Å². The van der Waals surface area contributed by atoms with Crippen LogP contribution >= 0.6 is 0 Å². The number of benzene rings is 1. The minimum absolute atomic E-state index is 0.344. The second-order valence-corrected chi connectivity index (χ2v) is 4.31. The molecular weight excluding hydrogens is 188 g/mol. The smallest absolute Gasteiger partial charge is 0.115 e. The molecule has 1 fully saturated rings. The third-order valence-corrected chi connectivity index (χ3v) is 3.33. The summed E-state index contributed by atoms with van der Waals surface area (Å²) in [5.41, 5.74) is 4.18. The van der Waals surface area contributed by atoms with E-state index in [9.17, 15) is 5.11 Å². The van der Waals surface area contributed by atoms with Crippen molar-refractivity contribution in [2.24, 2.45) is 5.84 Å². The molecule has 1 saturated carbocycles. The summed E-state index contributed by atoms with van der Waals surface area (Å²) in [6, 6.07) is 8.07. The number of aromatic hydroxyl groups is 1. The largest absolute Gasteiger partial charge is 0.508 e. The van der Waals surface area contributed by atoms with Gasteiger partial charge in [0.2, 0.25) is 0 Å². The van der Waals surface area contributed by atoms with Gasteiger partial charge in [-0.3, -0.25) is 11.3 Å². The maximum absolute atomic E-state index is 9.21. The van der Waals surface area contributed by atoms with Gasteiger partial charge in [-0.05, 0) is 49.3 Å². The highest BCUT2D eigenvalue weighted by atomic mass is 16.3. The van der Waals surface area contributed by atoms with Crippen molar-refractivity contribution in [2.75, 3.05) is 0 Å². The number of hydrazine groups is 1. The molecule has 1 aliphatic rings. The molecule has 4 N–H and O–H groups in total. The summed E-state index contributed by atoms with van der Waals surface area (Å²) in [5, 5.41) is 9.21. The molecule has 0 atom stereocenters. The van der Waals surface area contributed by atoms with Crippen LogP contribution in [0.15, 0.2) is 24.3 Å². The lowest BCUT2D eigenvalue weighted by molar-refractivity contribution is 0.347. The summed E-state index contributed by atoms with van der Waals surface area (Å²) in [5.74, 6) is 6.40. The summed E-state index contributed by atoms with van der Waals surface area (Å²) in [6.07, 6.45) is 4.64. The van der Waals surface area contributed by atoms with Gasteiger partial charge in [-0.25, -0.2) is 0 Å². The average Bonchev–Trinajstić information content (AvgIpc) is 2.30. The lowest BCUT2D eigenvalue weighted by Crippen LogP contribution is -2.37. The van der Waals surface area contributed by atoms with Gasteiger partial charge in [0.05, 0.1) is 0 Å². The molecule has 0 aromatic heterocycles. The second-order valence-electron chi connectivity index (χ2n) is 4.31. The molecule has 3 heteroatoms. The Bertz CT molecular complexity index is 302. The molecule has 1 aromatic carbocycles. The Hall–Kier alpha value is -1.06. The maximum atomic E-state index is 9.21. The summed E-state index contributed by atoms with van der Waals surface area (Å²) >= 11 is 0. The van der Waals surface area contributed by atoms with Gasteiger partial charge in [0.1, 0.15) is 5.75 Å². The van der Waals surface area contributed by atoms with Crippen molar-refractivity contribution >= 4 is 0 Å². The molecule has 2 rings (SSSR count). The van der Waals surface area contributed by atoms with E-state index < -0.39 is 0 Å². The summed E-state index contributed by atoms with van der Waals surface area (Å²) in [7, 11) is 0. The quantitative estimate of drug-likeness (QED) is 0.511. The molecular formula is C12H18N2O. The topological polar surface area (TPSA) is 58.3 Å². The standard InChI is InChI=1S/C12H18N2O/c13-14-11-5-1-9(2-6-11)10-3-7-12(15)8-4-10/h3-4,7-9,11,14-15H,1-2,5-6,13H2. The monoisotopic (exact) mass is 206 g/mol. The van der Waals surface area contributed by atoms with Crippen LogP contribution in [0.4, 0.5) is 0 Å². The van der Waals surface area contributed by atoms with Gasteiger partial charge in [0.25, 0.3) is 0 Å². The fraction of sp³-hybridized carbons (Fsp3) is 0.500. The minimum Gasteiger partial charge on any atom is -0.508 e. The molecule has 0 heterocycles. The number of nitrogens with one attached hydrogen (secondary N) is 1. The van der Waals surface area contributed by atoms with Gasteiger partial charge in [0.15, 0.2) is 0 Å². The fourth-order valence-corrected chi connectivity index (χ4v) is 2.34. The van der Waals surface area contributed by atoms with Gasteiger partial charge < -0.3 is 5.11 Å². The number of hydrogen-bond acceptors (Lipinski definition) is 3. The lowest BCUT2D eigenvalue weighted by Gasteiger charge is -2.28. The molecule has 0 radical (unpaired) electrons. The zero-order chi connectivity index (χ0) is 10.7. The molecule has 1 aromatic rings. The Balaban J connectivity index is 1.98. The molecule has 0 bridgehead atoms. The first-order chi connectivity index (χ1) is 7.29. The van der Waals surface area contributed by atoms with Crippen LogP contribution < -0.4 is 11.3 Å². The van der Waals surface area contributed by atoms with Crippen LogP contribution in [-0.4, -0.2) is 11.1 Å². The first-order valence-corrected chi connectivity index (χ1v) is 5.54. The van der Waals surface area contributed by atoms with E-state index in [1.807, 2.05) is 12.1 Å². The van der Waals surface area contributed by atoms with Crippen molar-refractivity contribution in [2.45, 2.75) is 37.6 Å². The lowest BCUT2D eigenvalue weighted by atomic mass is 9.82. The molecule has 3 nitrogen and oxygen atoms in total. The van der Waals surface area contributed by atoms with E-state index in [2.05, 4.69) is 5.43 Å². The van der Waals surface area contributed by atoms with Gasteiger partial charge in [-0.2, -0.15) is 0 Å². The molecule has 0 amide bonds. The van der Waals surface area contributed by atoms with Crippen molar-refractivity contribution in [3.8, 4) is 5.75 Å². The van der Waals surface area contributed by atoms with Crippen molar-refractivity contribution in [3.05, 3.63) is 29.8 Å². The maximum Gasteiger partial charge on any atom is 0.115 e. The third kappa shape index (κ3) is 2.49. The number of phenols is 1. The van der Waals surface area contributed by atoms with Crippen molar-refractivity contribution in [1.29, 1.82) is 0 Å². The van der Waals surface area contributed by atoms with Gasteiger partial charge in [-0.15, -0.1) is 0 Å². The molecule has 0 aliphatic heterocycles. The van der Waals surface area contributed by atoms with E-state index >= 15 is 0 Å².